The summed E-state index contributed by atoms with van der Waals surface area (Å²) in [5.41, 5.74) is 0.904. The minimum absolute atomic E-state index is 0.117. The van der Waals surface area contributed by atoms with Gasteiger partial charge in [0.05, 0.1) is 18.8 Å². The van der Waals surface area contributed by atoms with E-state index < -0.39 is 0 Å². The maximum Gasteiger partial charge on any atom is 0.227 e. The van der Waals surface area contributed by atoms with Crippen LogP contribution in [0, 0.1) is 5.41 Å². The highest BCUT2D eigenvalue weighted by Gasteiger charge is 2.41. The number of aromatic nitrogens is 2. The van der Waals surface area contributed by atoms with Gasteiger partial charge in [-0.15, -0.1) is 0 Å². The van der Waals surface area contributed by atoms with E-state index in [-0.39, 0.29) is 17.4 Å². The molecular weight excluding hydrogens is 384 g/mol. The molecule has 162 valence electrons. The molecule has 1 amide bonds. The second-order valence-corrected chi connectivity index (χ2v) is 8.65. The number of aliphatic hydroxyl groups is 1. The van der Waals surface area contributed by atoms with Crippen molar-refractivity contribution in [3.05, 3.63) is 30.2 Å². The first-order valence-corrected chi connectivity index (χ1v) is 10.6. The van der Waals surface area contributed by atoms with Gasteiger partial charge in [-0.05, 0) is 43.9 Å². The standard InChI is InChI=1S/C22H30N4O4/c1-25-14-16(27)13-22(15-25)9-11-26(12-10-22)20(28)8-7-19-23-21(24-30-19)17-5-3-4-6-18(17)29-2/h3-6,16,27H,7-15H2,1-2H3. The molecule has 8 nitrogen and oxygen atoms in total. The molecule has 3 heterocycles. The SMILES string of the molecule is COc1ccccc1-c1noc(CCC(=O)N2CCC3(CC2)CC(O)CN(C)C3)n1. The van der Waals surface area contributed by atoms with E-state index in [1.165, 1.54) is 0 Å². The van der Waals surface area contributed by atoms with E-state index in [1.54, 1.807) is 7.11 Å². The predicted molar refractivity (Wildman–Crippen MR) is 111 cm³/mol. The normalized spacial score (nSPS) is 21.7. The number of hydrogen-bond acceptors (Lipinski definition) is 7. The van der Waals surface area contributed by atoms with E-state index in [2.05, 4.69) is 22.1 Å². The molecule has 2 aliphatic heterocycles. The molecule has 1 aromatic carbocycles. The number of β-amino-alcohol motifs (C(OH)–C–C–N with tert-alkyl or cyclic N) is 1. The molecule has 0 saturated carbocycles. The van der Waals surface area contributed by atoms with E-state index in [0.29, 0.717) is 30.3 Å². The number of nitrogens with zero attached hydrogens (tertiary/aromatic N) is 4. The largest absolute Gasteiger partial charge is 0.496 e. The summed E-state index contributed by atoms with van der Waals surface area (Å²) in [5.74, 6) is 1.72. The lowest BCUT2D eigenvalue weighted by molar-refractivity contribution is -0.134. The maximum atomic E-state index is 12.7. The summed E-state index contributed by atoms with van der Waals surface area (Å²) < 4.78 is 10.7. The van der Waals surface area contributed by atoms with Crippen molar-refractivity contribution in [2.75, 3.05) is 40.3 Å². The second kappa shape index (κ2) is 8.73. The number of methoxy groups -OCH3 is 1. The van der Waals surface area contributed by atoms with Gasteiger partial charge in [0.15, 0.2) is 0 Å². The fourth-order valence-corrected chi connectivity index (χ4v) is 4.89. The Hall–Kier alpha value is -2.45. The first-order valence-electron chi connectivity index (χ1n) is 10.6. The van der Waals surface area contributed by atoms with Crippen molar-refractivity contribution in [2.24, 2.45) is 5.41 Å². The highest BCUT2D eigenvalue weighted by molar-refractivity contribution is 5.76. The molecule has 4 rings (SSSR count). The Morgan fingerprint density at radius 3 is 2.83 bits per heavy atom. The third-order valence-corrected chi connectivity index (χ3v) is 6.34. The molecule has 8 heteroatoms. The van der Waals surface area contributed by atoms with E-state index in [0.717, 1.165) is 51.0 Å². The molecule has 0 bridgehead atoms. The Kier molecular flexibility index (Phi) is 6.06. The molecule has 2 aliphatic rings. The topological polar surface area (TPSA) is 91.9 Å². The smallest absolute Gasteiger partial charge is 0.227 e. The monoisotopic (exact) mass is 414 g/mol. The van der Waals surface area contributed by atoms with Crippen LogP contribution in [-0.4, -0.2) is 77.4 Å². The molecule has 0 radical (unpaired) electrons. The lowest BCUT2D eigenvalue weighted by Gasteiger charge is -2.48. The van der Waals surface area contributed by atoms with Gasteiger partial charge >= 0.3 is 0 Å². The first kappa shape index (κ1) is 20.8. The van der Waals surface area contributed by atoms with Crippen LogP contribution in [0.25, 0.3) is 11.4 Å². The molecule has 2 saturated heterocycles. The lowest BCUT2D eigenvalue weighted by Crippen LogP contribution is -2.53. The van der Waals surface area contributed by atoms with Crippen LogP contribution in [0.5, 0.6) is 5.75 Å². The number of hydrogen-bond donors (Lipinski definition) is 1. The fraction of sp³-hybridized carbons (Fsp3) is 0.591. The quantitative estimate of drug-likeness (QED) is 0.800. The molecule has 30 heavy (non-hydrogen) atoms. The van der Waals surface area contributed by atoms with Crippen molar-refractivity contribution in [1.29, 1.82) is 0 Å². The maximum absolute atomic E-state index is 12.7. The molecule has 2 aromatic rings. The van der Waals surface area contributed by atoms with E-state index >= 15 is 0 Å². The van der Waals surface area contributed by atoms with Crippen LogP contribution < -0.4 is 4.74 Å². The molecule has 1 aromatic heterocycles. The molecule has 2 fully saturated rings. The number of rotatable bonds is 5. The van der Waals surface area contributed by atoms with Crippen molar-refractivity contribution in [3.8, 4) is 17.1 Å². The number of piperidine rings is 2. The van der Waals surface area contributed by atoms with Gasteiger partial charge in [0.2, 0.25) is 17.6 Å². The van der Waals surface area contributed by atoms with Gasteiger partial charge in [0.25, 0.3) is 0 Å². The summed E-state index contributed by atoms with van der Waals surface area (Å²) >= 11 is 0. The Morgan fingerprint density at radius 1 is 1.33 bits per heavy atom. The van der Waals surface area contributed by atoms with Crippen LogP contribution in [-0.2, 0) is 11.2 Å². The number of aliphatic hydroxyl groups excluding tert-OH is 1. The first-order chi connectivity index (χ1) is 14.5. The second-order valence-electron chi connectivity index (χ2n) is 8.65. The number of carbonyl (C=O) groups is 1. The molecule has 0 aliphatic carbocycles. The zero-order chi connectivity index (χ0) is 21.1. The minimum atomic E-state index is -0.263. The van der Waals surface area contributed by atoms with Crippen molar-refractivity contribution in [1.82, 2.24) is 19.9 Å². The zero-order valence-electron chi connectivity index (χ0n) is 17.7. The third-order valence-electron chi connectivity index (χ3n) is 6.34. The Morgan fingerprint density at radius 2 is 2.10 bits per heavy atom. The molecule has 1 spiro atoms. The van der Waals surface area contributed by atoms with Gasteiger partial charge in [-0.3, -0.25) is 4.79 Å². The van der Waals surface area contributed by atoms with Crippen LogP contribution in [0.3, 0.4) is 0 Å². The minimum Gasteiger partial charge on any atom is -0.496 e. The molecule has 1 atom stereocenters. The van der Waals surface area contributed by atoms with Crippen LogP contribution in [0.1, 0.15) is 31.6 Å². The van der Waals surface area contributed by atoms with Crippen molar-refractivity contribution in [3.63, 3.8) is 0 Å². The summed E-state index contributed by atoms with van der Waals surface area (Å²) in [7, 11) is 3.67. The van der Waals surface area contributed by atoms with Gasteiger partial charge in [-0.25, -0.2) is 0 Å². The number of carbonyl (C=O) groups excluding carboxylic acids is 1. The predicted octanol–water partition coefficient (Wildman–Crippen LogP) is 1.98. The highest BCUT2D eigenvalue weighted by Crippen LogP contribution is 2.39. The lowest BCUT2D eigenvalue weighted by atomic mass is 9.71. The van der Waals surface area contributed by atoms with E-state index in [4.69, 9.17) is 9.26 Å². The summed E-state index contributed by atoms with van der Waals surface area (Å²) in [6, 6.07) is 7.50. The van der Waals surface area contributed by atoms with Crippen LogP contribution in [0.4, 0.5) is 0 Å². The zero-order valence-corrected chi connectivity index (χ0v) is 17.7. The number of amides is 1. The Balaban J connectivity index is 1.30. The molecule has 1 unspecified atom stereocenters. The van der Waals surface area contributed by atoms with Gasteiger partial charge in [0, 0.05) is 39.0 Å². The van der Waals surface area contributed by atoms with Crippen molar-refractivity contribution in [2.45, 2.75) is 38.2 Å². The van der Waals surface area contributed by atoms with Crippen molar-refractivity contribution >= 4 is 5.91 Å². The van der Waals surface area contributed by atoms with E-state index in [1.807, 2.05) is 29.2 Å². The van der Waals surface area contributed by atoms with Crippen LogP contribution >= 0.6 is 0 Å². The molecular formula is C22H30N4O4. The van der Waals surface area contributed by atoms with Crippen LogP contribution in [0.15, 0.2) is 28.8 Å². The number of ether oxygens (including phenoxy) is 1. The van der Waals surface area contributed by atoms with Gasteiger partial charge in [0.1, 0.15) is 5.75 Å². The Labute approximate surface area is 176 Å². The summed E-state index contributed by atoms with van der Waals surface area (Å²) in [6.07, 6.45) is 3.23. The third kappa shape index (κ3) is 4.49. The number of aryl methyl sites for hydroxylation is 1. The average molecular weight is 415 g/mol. The van der Waals surface area contributed by atoms with Gasteiger partial charge in [-0.1, -0.05) is 17.3 Å². The number of benzene rings is 1. The number of para-hydroxylation sites is 1. The van der Waals surface area contributed by atoms with Gasteiger partial charge < -0.3 is 24.2 Å². The fourth-order valence-electron chi connectivity index (χ4n) is 4.89. The summed E-state index contributed by atoms with van der Waals surface area (Å²) in [4.78, 5) is 21.3. The van der Waals surface area contributed by atoms with Crippen LogP contribution in [0.2, 0.25) is 0 Å². The summed E-state index contributed by atoms with van der Waals surface area (Å²) in [6.45, 7) is 3.23. The highest BCUT2D eigenvalue weighted by atomic mass is 16.5. The number of likely N-dealkylation sites (tertiary alicyclic amines) is 2. The number of likely N-dealkylation sites (N-methyl/N-ethyl adjacent to an activating group) is 1. The average Bonchev–Trinajstić information content (AvgIpc) is 3.20. The Bertz CT molecular complexity index is 864. The van der Waals surface area contributed by atoms with Crippen molar-refractivity contribution < 1.29 is 19.2 Å². The summed E-state index contributed by atoms with van der Waals surface area (Å²) in [5, 5.41) is 14.2. The van der Waals surface area contributed by atoms with E-state index in [9.17, 15) is 9.90 Å². The van der Waals surface area contributed by atoms with Gasteiger partial charge in [-0.2, -0.15) is 4.98 Å². The molecule has 1 N–H and O–H groups in total.